The first-order valence-corrected chi connectivity index (χ1v) is 9.51. The fraction of sp³-hybridized carbons (Fsp3) is 0.312. The number of rotatable bonds is 5. The van der Waals surface area contributed by atoms with Gasteiger partial charge in [-0.15, -0.1) is 22.7 Å². The van der Waals surface area contributed by atoms with Gasteiger partial charge in [0.25, 0.3) is 5.91 Å². The number of carbonyl (C=O) groups is 1. The van der Waals surface area contributed by atoms with E-state index in [9.17, 15) is 4.79 Å². The molecule has 24 heavy (non-hydrogen) atoms. The first kappa shape index (κ1) is 17.1. The molecule has 3 rings (SSSR count). The molecule has 3 aromatic heterocycles. The molecule has 126 valence electrons. The summed E-state index contributed by atoms with van der Waals surface area (Å²) in [6, 6.07) is 3.84. The van der Waals surface area contributed by atoms with Crippen LogP contribution in [-0.2, 0) is 13.6 Å². The van der Waals surface area contributed by atoms with Gasteiger partial charge in [-0.3, -0.25) is 9.48 Å². The molecule has 8 heteroatoms. The number of aryl methyl sites for hydroxylation is 1. The fourth-order valence-electron chi connectivity index (χ4n) is 2.30. The zero-order chi connectivity index (χ0) is 17.3. The van der Waals surface area contributed by atoms with Crippen LogP contribution in [0.1, 0.15) is 29.9 Å². The Morgan fingerprint density at radius 1 is 1.42 bits per heavy atom. The molecule has 0 aliphatic carbocycles. The van der Waals surface area contributed by atoms with Gasteiger partial charge in [0.15, 0.2) is 0 Å². The van der Waals surface area contributed by atoms with E-state index in [2.05, 4.69) is 10.1 Å². The van der Waals surface area contributed by atoms with Crippen LogP contribution < -0.4 is 0 Å². The molecular weight excluding hydrogens is 364 g/mol. The van der Waals surface area contributed by atoms with E-state index in [0.29, 0.717) is 16.6 Å². The van der Waals surface area contributed by atoms with E-state index in [4.69, 9.17) is 11.6 Å². The average molecular weight is 381 g/mol. The van der Waals surface area contributed by atoms with E-state index < -0.39 is 0 Å². The third kappa shape index (κ3) is 3.68. The second-order valence-electron chi connectivity index (χ2n) is 5.69. The first-order valence-electron chi connectivity index (χ1n) is 7.44. The third-order valence-corrected chi connectivity index (χ3v) is 5.75. The molecule has 5 nitrogen and oxygen atoms in total. The van der Waals surface area contributed by atoms with Crippen LogP contribution in [0.3, 0.4) is 0 Å². The van der Waals surface area contributed by atoms with Gasteiger partial charge in [-0.2, -0.15) is 5.10 Å². The highest BCUT2D eigenvalue weighted by Crippen LogP contribution is 2.33. The van der Waals surface area contributed by atoms with Crippen LogP contribution in [0, 0.1) is 0 Å². The summed E-state index contributed by atoms with van der Waals surface area (Å²) in [7, 11) is 1.86. The first-order chi connectivity index (χ1) is 11.4. The Balaban J connectivity index is 1.81. The number of hydrogen-bond donors (Lipinski definition) is 0. The van der Waals surface area contributed by atoms with Gasteiger partial charge < -0.3 is 4.90 Å². The van der Waals surface area contributed by atoms with Crippen molar-refractivity contribution < 1.29 is 4.79 Å². The summed E-state index contributed by atoms with van der Waals surface area (Å²) < 4.78 is 2.45. The highest BCUT2D eigenvalue weighted by atomic mass is 35.5. The molecule has 0 unspecified atom stereocenters. The summed E-state index contributed by atoms with van der Waals surface area (Å²) in [5, 5.41) is 6.79. The van der Waals surface area contributed by atoms with Crippen LogP contribution in [0.2, 0.25) is 4.34 Å². The van der Waals surface area contributed by atoms with E-state index in [1.165, 1.54) is 22.7 Å². The quantitative estimate of drug-likeness (QED) is 0.662. The minimum Gasteiger partial charge on any atom is -0.330 e. The second kappa shape index (κ2) is 7.04. The number of halogens is 1. The lowest BCUT2D eigenvalue weighted by Gasteiger charge is -2.25. The van der Waals surface area contributed by atoms with E-state index in [1.54, 1.807) is 15.8 Å². The minimum atomic E-state index is -0.0704. The lowest BCUT2D eigenvalue weighted by molar-refractivity contribution is 0.0685. The van der Waals surface area contributed by atoms with Crippen LogP contribution in [0.5, 0.6) is 0 Å². The summed E-state index contributed by atoms with van der Waals surface area (Å²) >= 11 is 8.90. The highest BCUT2D eigenvalue weighted by molar-refractivity contribution is 7.23. The van der Waals surface area contributed by atoms with Gasteiger partial charge >= 0.3 is 0 Å². The maximum absolute atomic E-state index is 12.9. The summed E-state index contributed by atoms with van der Waals surface area (Å²) in [6.45, 7) is 4.52. The molecule has 0 aromatic carbocycles. The molecule has 0 atom stereocenters. The number of amides is 1. The Bertz CT molecular complexity index is 852. The van der Waals surface area contributed by atoms with Gasteiger partial charge in [-0.05, 0) is 26.0 Å². The van der Waals surface area contributed by atoms with E-state index in [1.807, 2.05) is 44.6 Å². The lowest BCUT2D eigenvalue weighted by atomic mass is 10.2. The van der Waals surface area contributed by atoms with Gasteiger partial charge in [0.2, 0.25) is 0 Å². The molecule has 0 spiro atoms. The molecule has 0 aliphatic heterocycles. The maximum Gasteiger partial charge on any atom is 0.273 e. The van der Waals surface area contributed by atoms with Crippen molar-refractivity contribution in [2.75, 3.05) is 0 Å². The molecule has 0 radical (unpaired) electrons. The number of carbonyl (C=O) groups excluding carboxylic acids is 1. The average Bonchev–Trinajstić information content (AvgIpc) is 3.24. The maximum atomic E-state index is 12.9. The normalized spacial score (nSPS) is 11.2. The van der Waals surface area contributed by atoms with Crippen LogP contribution >= 0.6 is 34.3 Å². The Morgan fingerprint density at radius 2 is 2.21 bits per heavy atom. The number of thiazole rings is 1. The molecule has 1 amide bonds. The number of hydrogen-bond acceptors (Lipinski definition) is 5. The minimum absolute atomic E-state index is 0.0686. The van der Waals surface area contributed by atoms with Gasteiger partial charge in [0.05, 0.1) is 15.4 Å². The van der Waals surface area contributed by atoms with Crippen molar-refractivity contribution in [3.8, 4) is 9.88 Å². The SMILES string of the molecule is CC(C)N(Cc1cnn(C)c1)C(=O)c1csc(-c2ccc(Cl)s2)n1. The van der Waals surface area contributed by atoms with Crippen LogP contribution in [0.25, 0.3) is 9.88 Å². The highest BCUT2D eigenvalue weighted by Gasteiger charge is 2.22. The lowest BCUT2D eigenvalue weighted by Crippen LogP contribution is -2.36. The predicted molar refractivity (Wildman–Crippen MR) is 98.7 cm³/mol. The Hall–Kier alpha value is -1.70. The van der Waals surface area contributed by atoms with Crippen molar-refractivity contribution >= 4 is 40.2 Å². The van der Waals surface area contributed by atoms with E-state index >= 15 is 0 Å². The van der Waals surface area contributed by atoms with Crippen LogP contribution in [0.15, 0.2) is 29.9 Å². The van der Waals surface area contributed by atoms with Gasteiger partial charge in [0, 0.05) is 36.8 Å². The number of nitrogens with zero attached hydrogens (tertiary/aromatic N) is 4. The Labute approximate surface area is 153 Å². The zero-order valence-electron chi connectivity index (χ0n) is 13.6. The molecule has 3 aromatic rings. The van der Waals surface area contributed by atoms with E-state index in [0.717, 1.165) is 15.4 Å². The molecular formula is C16H17ClN4OS2. The summed E-state index contributed by atoms with van der Waals surface area (Å²) in [4.78, 5) is 20.2. The smallest absolute Gasteiger partial charge is 0.273 e. The zero-order valence-corrected chi connectivity index (χ0v) is 16.0. The number of aromatic nitrogens is 3. The van der Waals surface area contributed by atoms with Gasteiger partial charge in [0.1, 0.15) is 10.7 Å². The summed E-state index contributed by atoms with van der Waals surface area (Å²) in [5.41, 5.74) is 1.47. The van der Waals surface area contributed by atoms with Crippen molar-refractivity contribution in [1.29, 1.82) is 0 Å². The third-order valence-electron chi connectivity index (χ3n) is 3.50. The monoisotopic (exact) mass is 380 g/mol. The molecule has 0 N–H and O–H groups in total. The standard InChI is InChI=1S/C16H17ClN4OS2/c1-10(2)21(8-11-6-18-20(3)7-11)16(22)12-9-23-15(19-12)13-4-5-14(17)24-13/h4-7,9-10H,8H2,1-3H3. The Morgan fingerprint density at radius 3 is 2.79 bits per heavy atom. The van der Waals surface area contributed by atoms with Crippen molar-refractivity contribution in [2.24, 2.45) is 7.05 Å². The summed E-state index contributed by atoms with van der Waals surface area (Å²) in [6.07, 6.45) is 3.70. The van der Waals surface area contributed by atoms with Crippen molar-refractivity contribution in [3.63, 3.8) is 0 Å². The van der Waals surface area contributed by atoms with Crippen molar-refractivity contribution in [1.82, 2.24) is 19.7 Å². The molecule has 3 heterocycles. The van der Waals surface area contributed by atoms with Crippen molar-refractivity contribution in [3.05, 3.63) is 45.5 Å². The predicted octanol–water partition coefficient (Wildman–Crippen LogP) is 4.31. The summed E-state index contributed by atoms with van der Waals surface area (Å²) in [5.74, 6) is -0.0704. The topological polar surface area (TPSA) is 51.0 Å². The molecule has 0 saturated carbocycles. The Kier molecular flexibility index (Phi) is 5.03. The fourth-order valence-corrected chi connectivity index (χ4v) is 4.21. The van der Waals surface area contributed by atoms with Gasteiger partial charge in [-0.1, -0.05) is 11.6 Å². The molecule has 0 fully saturated rings. The van der Waals surface area contributed by atoms with Gasteiger partial charge in [-0.25, -0.2) is 4.98 Å². The molecule has 0 aliphatic rings. The van der Waals surface area contributed by atoms with Crippen LogP contribution in [0.4, 0.5) is 0 Å². The molecule has 0 saturated heterocycles. The largest absolute Gasteiger partial charge is 0.330 e. The van der Waals surface area contributed by atoms with Crippen LogP contribution in [-0.4, -0.2) is 31.6 Å². The van der Waals surface area contributed by atoms with Crippen molar-refractivity contribution in [2.45, 2.75) is 26.4 Å². The number of thiophene rings is 1. The second-order valence-corrected chi connectivity index (χ2v) is 8.26. The van der Waals surface area contributed by atoms with E-state index in [-0.39, 0.29) is 11.9 Å². The molecule has 0 bridgehead atoms.